The largest absolute Gasteiger partial charge is 0.508 e. The highest BCUT2D eigenvalue weighted by molar-refractivity contribution is 5.98. The average Bonchev–Trinajstić information content (AvgIpc) is 2.42. The topological polar surface area (TPSA) is 111 Å². The van der Waals surface area contributed by atoms with Gasteiger partial charge in [-0.2, -0.15) is 0 Å². The maximum atomic E-state index is 11.8. The summed E-state index contributed by atoms with van der Waals surface area (Å²) in [5.41, 5.74) is -0.549. The quantitative estimate of drug-likeness (QED) is 0.413. The maximum Gasteiger partial charge on any atom is 0.282 e. The smallest absolute Gasteiger partial charge is 0.282 e. The summed E-state index contributed by atoms with van der Waals surface area (Å²) in [6.45, 7) is 1.32. The van der Waals surface area contributed by atoms with E-state index in [1.165, 1.54) is 0 Å². The standard InChI is InChI=1S/C12H16N2O6/c1-19-6-7-20-5-4-13-12(16)10-8-9(15)2-3-11(10)14(17)18/h2-3,8,15H,4-7H2,1H3,(H,13,16). The van der Waals surface area contributed by atoms with Crippen molar-refractivity contribution in [3.05, 3.63) is 33.9 Å². The number of nitrogens with zero attached hydrogens (tertiary/aromatic N) is 1. The van der Waals surface area contributed by atoms with E-state index in [0.717, 1.165) is 18.2 Å². The van der Waals surface area contributed by atoms with Crippen LogP contribution in [0.15, 0.2) is 18.2 Å². The fraction of sp³-hybridized carbons (Fsp3) is 0.417. The zero-order valence-corrected chi connectivity index (χ0v) is 11.0. The van der Waals surface area contributed by atoms with Gasteiger partial charge in [-0.25, -0.2) is 0 Å². The fourth-order valence-corrected chi connectivity index (χ4v) is 1.44. The predicted molar refractivity (Wildman–Crippen MR) is 69.8 cm³/mol. The van der Waals surface area contributed by atoms with Gasteiger partial charge in [-0.05, 0) is 12.1 Å². The molecule has 0 radical (unpaired) electrons. The number of aromatic hydroxyl groups is 1. The number of nitro benzene ring substituents is 1. The summed E-state index contributed by atoms with van der Waals surface area (Å²) in [5.74, 6) is -0.847. The van der Waals surface area contributed by atoms with E-state index >= 15 is 0 Å². The molecule has 110 valence electrons. The lowest BCUT2D eigenvalue weighted by Crippen LogP contribution is -2.28. The van der Waals surface area contributed by atoms with Gasteiger partial charge in [-0.1, -0.05) is 0 Å². The Morgan fingerprint density at radius 1 is 1.40 bits per heavy atom. The molecule has 8 nitrogen and oxygen atoms in total. The molecule has 0 spiro atoms. The Kier molecular flexibility index (Phi) is 6.41. The number of phenols is 1. The summed E-state index contributed by atoms with van der Waals surface area (Å²) in [6.07, 6.45) is 0. The zero-order valence-electron chi connectivity index (χ0n) is 11.0. The Bertz CT molecular complexity index is 477. The minimum Gasteiger partial charge on any atom is -0.508 e. The monoisotopic (exact) mass is 284 g/mol. The van der Waals surface area contributed by atoms with E-state index < -0.39 is 10.8 Å². The Labute approximate surface area is 115 Å². The Morgan fingerprint density at radius 2 is 2.15 bits per heavy atom. The number of benzene rings is 1. The number of amides is 1. The van der Waals surface area contributed by atoms with Crippen molar-refractivity contribution < 1.29 is 24.3 Å². The molecule has 0 aliphatic carbocycles. The number of methoxy groups -OCH3 is 1. The number of carbonyl (C=O) groups is 1. The molecule has 0 bridgehead atoms. The van der Waals surface area contributed by atoms with Gasteiger partial charge in [0.15, 0.2) is 0 Å². The van der Waals surface area contributed by atoms with E-state index in [4.69, 9.17) is 9.47 Å². The second kappa shape index (κ2) is 8.08. The molecule has 2 N–H and O–H groups in total. The van der Waals surface area contributed by atoms with E-state index in [9.17, 15) is 20.0 Å². The van der Waals surface area contributed by atoms with Crippen molar-refractivity contribution in [3.63, 3.8) is 0 Å². The molecule has 0 atom stereocenters. The van der Waals surface area contributed by atoms with Crippen LogP contribution in [0, 0.1) is 10.1 Å². The van der Waals surface area contributed by atoms with Crippen LogP contribution in [0.25, 0.3) is 0 Å². The van der Waals surface area contributed by atoms with Crippen molar-refractivity contribution in [2.24, 2.45) is 0 Å². The first-order chi connectivity index (χ1) is 9.56. The molecule has 0 fully saturated rings. The van der Waals surface area contributed by atoms with Gasteiger partial charge in [0.1, 0.15) is 11.3 Å². The molecular formula is C12H16N2O6. The van der Waals surface area contributed by atoms with Gasteiger partial charge >= 0.3 is 0 Å². The van der Waals surface area contributed by atoms with Crippen LogP contribution in [-0.2, 0) is 9.47 Å². The molecule has 0 saturated carbocycles. The Hall–Kier alpha value is -2.19. The summed E-state index contributed by atoms with van der Waals surface area (Å²) < 4.78 is 9.92. The van der Waals surface area contributed by atoms with Crippen molar-refractivity contribution in [3.8, 4) is 5.75 Å². The highest BCUT2D eigenvalue weighted by Gasteiger charge is 2.20. The molecule has 1 amide bonds. The summed E-state index contributed by atoms with van der Waals surface area (Å²) in [6, 6.07) is 3.29. The molecule has 0 aliphatic rings. The number of ether oxygens (including phenoxy) is 2. The van der Waals surface area contributed by atoms with E-state index in [0.29, 0.717) is 13.2 Å². The third kappa shape index (κ3) is 4.82. The van der Waals surface area contributed by atoms with Crippen LogP contribution in [0.2, 0.25) is 0 Å². The Morgan fingerprint density at radius 3 is 2.80 bits per heavy atom. The molecule has 0 unspecified atom stereocenters. The molecule has 20 heavy (non-hydrogen) atoms. The maximum absolute atomic E-state index is 11.8. The van der Waals surface area contributed by atoms with E-state index in [1.54, 1.807) is 7.11 Å². The van der Waals surface area contributed by atoms with Crippen molar-refractivity contribution in [1.29, 1.82) is 0 Å². The molecule has 0 saturated heterocycles. The molecule has 1 aromatic carbocycles. The fourth-order valence-electron chi connectivity index (χ4n) is 1.44. The SMILES string of the molecule is COCCOCCNC(=O)c1cc(O)ccc1[N+](=O)[O-]. The highest BCUT2D eigenvalue weighted by atomic mass is 16.6. The van der Waals surface area contributed by atoms with Gasteiger partial charge in [0.05, 0.1) is 24.7 Å². The molecule has 0 aromatic heterocycles. The number of carbonyl (C=O) groups excluding carboxylic acids is 1. The van der Waals surface area contributed by atoms with E-state index in [-0.39, 0.29) is 30.2 Å². The summed E-state index contributed by atoms with van der Waals surface area (Å²) in [4.78, 5) is 21.9. The molecular weight excluding hydrogens is 268 g/mol. The molecule has 1 rings (SSSR count). The minimum absolute atomic E-state index is 0.188. The van der Waals surface area contributed by atoms with Gasteiger partial charge < -0.3 is 19.9 Å². The van der Waals surface area contributed by atoms with Crippen LogP contribution in [0.5, 0.6) is 5.75 Å². The zero-order chi connectivity index (χ0) is 15.0. The van der Waals surface area contributed by atoms with E-state index in [2.05, 4.69) is 5.32 Å². The van der Waals surface area contributed by atoms with Crippen molar-refractivity contribution in [1.82, 2.24) is 5.32 Å². The third-order valence-corrected chi connectivity index (χ3v) is 2.39. The van der Waals surface area contributed by atoms with Crippen LogP contribution in [0.1, 0.15) is 10.4 Å². The van der Waals surface area contributed by atoms with Crippen LogP contribution in [0.3, 0.4) is 0 Å². The van der Waals surface area contributed by atoms with Gasteiger partial charge in [-0.3, -0.25) is 14.9 Å². The first-order valence-corrected chi connectivity index (χ1v) is 5.88. The molecule has 8 heteroatoms. The number of nitrogens with one attached hydrogen (secondary N) is 1. The number of nitro groups is 1. The van der Waals surface area contributed by atoms with Crippen LogP contribution in [-0.4, -0.2) is 49.4 Å². The van der Waals surface area contributed by atoms with Gasteiger partial charge in [0, 0.05) is 19.7 Å². The summed E-state index contributed by atoms with van der Waals surface area (Å²) in [7, 11) is 1.55. The minimum atomic E-state index is -0.677. The predicted octanol–water partition coefficient (Wildman–Crippen LogP) is 0.693. The third-order valence-electron chi connectivity index (χ3n) is 2.39. The van der Waals surface area contributed by atoms with Crippen LogP contribution in [0.4, 0.5) is 5.69 Å². The lowest BCUT2D eigenvalue weighted by Gasteiger charge is -2.07. The van der Waals surface area contributed by atoms with Gasteiger partial charge in [-0.15, -0.1) is 0 Å². The van der Waals surface area contributed by atoms with Gasteiger partial charge in [0.25, 0.3) is 11.6 Å². The van der Waals surface area contributed by atoms with Crippen molar-refractivity contribution in [2.75, 3.05) is 33.5 Å². The number of rotatable bonds is 8. The van der Waals surface area contributed by atoms with Crippen LogP contribution < -0.4 is 5.32 Å². The lowest BCUT2D eigenvalue weighted by atomic mass is 10.1. The number of phenolic OH excluding ortho intramolecular Hbond substituents is 1. The summed E-state index contributed by atoms with van der Waals surface area (Å²) in [5, 5.41) is 22.6. The average molecular weight is 284 g/mol. The number of hydrogen-bond donors (Lipinski definition) is 2. The first-order valence-electron chi connectivity index (χ1n) is 5.88. The second-order valence-electron chi connectivity index (χ2n) is 3.82. The molecule has 1 aromatic rings. The summed E-state index contributed by atoms with van der Waals surface area (Å²) >= 11 is 0. The van der Waals surface area contributed by atoms with Crippen molar-refractivity contribution in [2.45, 2.75) is 0 Å². The van der Waals surface area contributed by atoms with Crippen LogP contribution >= 0.6 is 0 Å². The number of hydrogen-bond acceptors (Lipinski definition) is 6. The second-order valence-corrected chi connectivity index (χ2v) is 3.82. The first kappa shape index (κ1) is 15.9. The molecule has 0 heterocycles. The molecule has 0 aliphatic heterocycles. The highest BCUT2D eigenvalue weighted by Crippen LogP contribution is 2.22. The van der Waals surface area contributed by atoms with Gasteiger partial charge in [0.2, 0.25) is 0 Å². The Balaban J connectivity index is 2.54. The van der Waals surface area contributed by atoms with Crippen molar-refractivity contribution >= 4 is 11.6 Å². The lowest BCUT2D eigenvalue weighted by molar-refractivity contribution is -0.385. The normalized spacial score (nSPS) is 10.2. The van der Waals surface area contributed by atoms with E-state index in [1.807, 2.05) is 0 Å².